The van der Waals surface area contributed by atoms with Gasteiger partial charge in [0.1, 0.15) is 17.9 Å². The zero-order valence-electron chi connectivity index (χ0n) is 17.6. The summed E-state index contributed by atoms with van der Waals surface area (Å²) in [6, 6.07) is 13.0. The van der Waals surface area contributed by atoms with Gasteiger partial charge in [0.15, 0.2) is 0 Å². The number of piperazine rings is 1. The maximum Gasteiger partial charge on any atom is 0.251 e. The molecule has 0 bridgehead atoms. The van der Waals surface area contributed by atoms with E-state index in [2.05, 4.69) is 9.88 Å². The maximum absolute atomic E-state index is 13.8. The van der Waals surface area contributed by atoms with Gasteiger partial charge in [0.25, 0.3) is 5.91 Å². The predicted octanol–water partition coefficient (Wildman–Crippen LogP) is 3.52. The van der Waals surface area contributed by atoms with Crippen molar-refractivity contribution in [3.63, 3.8) is 0 Å². The van der Waals surface area contributed by atoms with Crippen LogP contribution in [-0.4, -0.2) is 57.8 Å². The lowest BCUT2D eigenvalue weighted by Gasteiger charge is -2.51. The molecule has 30 heavy (non-hydrogen) atoms. The number of hydrogen-bond donors (Lipinski definition) is 0. The van der Waals surface area contributed by atoms with Crippen LogP contribution in [0, 0.1) is 0 Å². The Hall–Kier alpha value is -2.60. The van der Waals surface area contributed by atoms with Gasteiger partial charge in [-0.25, -0.2) is 4.98 Å². The maximum atomic E-state index is 13.8. The quantitative estimate of drug-likeness (QED) is 0.750. The molecule has 4 rings (SSSR count). The summed E-state index contributed by atoms with van der Waals surface area (Å²) in [5.74, 6) is 0.834. The first-order chi connectivity index (χ1) is 14.3. The largest absolute Gasteiger partial charge is 0.354 e. The molecular weight excluding hydrogens is 400 g/mol. The number of benzene rings is 1. The lowest BCUT2D eigenvalue weighted by atomic mass is 9.87. The van der Waals surface area contributed by atoms with Gasteiger partial charge in [0.05, 0.1) is 12.6 Å². The van der Waals surface area contributed by atoms with Crippen LogP contribution in [0.25, 0.3) is 0 Å². The smallest absolute Gasteiger partial charge is 0.251 e. The zero-order chi connectivity index (χ0) is 21.5. The minimum Gasteiger partial charge on any atom is -0.354 e. The summed E-state index contributed by atoms with van der Waals surface area (Å²) in [5, 5.41) is 0.648. The highest BCUT2D eigenvalue weighted by Gasteiger charge is 2.57. The Morgan fingerprint density at radius 2 is 1.80 bits per heavy atom. The normalized spacial score (nSPS) is 23.0. The van der Waals surface area contributed by atoms with E-state index in [0.717, 1.165) is 11.4 Å². The molecule has 1 aromatic heterocycles. The van der Waals surface area contributed by atoms with Crippen molar-refractivity contribution in [2.75, 3.05) is 24.5 Å². The number of rotatable bonds is 4. The van der Waals surface area contributed by atoms with Crippen LogP contribution in [0.4, 0.5) is 5.82 Å². The summed E-state index contributed by atoms with van der Waals surface area (Å²) in [5.41, 5.74) is 0.0603. The Morgan fingerprint density at radius 3 is 2.43 bits per heavy atom. The molecule has 2 aliphatic heterocycles. The minimum absolute atomic E-state index is 0.0198. The third-order valence-corrected chi connectivity index (χ3v) is 6.53. The summed E-state index contributed by atoms with van der Waals surface area (Å²) in [6.45, 7) is 7.14. The van der Waals surface area contributed by atoms with Crippen molar-refractivity contribution < 1.29 is 9.59 Å². The number of halogens is 1. The van der Waals surface area contributed by atoms with Crippen LogP contribution in [0.15, 0.2) is 48.7 Å². The van der Waals surface area contributed by atoms with Crippen molar-refractivity contribution >= 4 is 29.2 Å². The molecule has 1 aromatic carbocycles. The van der Waals surface area contributed by atoms with Gasteiger partial charge >= 0.3 is 0 Å². The van der Waals surface area contributed by atoms with Gasteiger partial charge in [-0.1, -0.05) is 29.8 Å². The van der Waals surface area contributed by atoms with Crippen molar-refractivity contribution in [2.24, 2.45) is 0 Å². The van der Waals surface area contributed by atoms with Gasteiger partial charge in [0, 0.05) is 23.8 Å². The highest BCUT2D eigenvalue weighted by Crippen LogP contribution is 2.41. The second kappa shape index (κ2) is 7.91. The number of amides is 2. The van der Waals surface area contributed by atoms with Crippen LogP contribution < -0.4 is 4.90 Å². The highest BCUT2D eigenvalue weighted by atomic mass is 35.5. The molecule has 2 aliphatic rings. The van der Waals surface area contributed by atoms with E-state index in [4.69, 9.17) is 11.6 Å². The number of hydrogen-bond acceptors (Lipinski definition) is 4. The lowest BCUT2D eigenvalue weighted by Crippen LogP contribution is -2.70. The summed E-state index contributed by atoms with van der Waals surface area (Å²) < 4.78 is 0. The molecule has 1 unspecified atom stereocenters. The number of carbonyl (C=O) groups is 2. The van der Waals surface area contributed by atoms with Crippen LogP contribution in [0.3, 0.4) is 0 Å². The first-order valence-corrected chi connectivity index (χ1v) is 10.8. The van der Waals surface area contributed by atoms with E-state index in [9.17, 15) is 9.59 Å². The fourth-order valence-corrected chi connectivity index (χ4v) is 4.82. The van der Waals surface area contributed by atoms with E-state index in [0.29, 0.717) is 24.5 Å². The monoisotopic (exact) mass is 426 g/mol. The Balaban J connectivity index is 1.74. The fraction of sp³-hybridized carbons (Fsp3) is 0.435. The standard InChI is InChI=1S/C23H27ClN4O2/c1-16(2)27-14-21(29)28(17(3)18-7-9-19(24)10-8-18)23(22(27)30)11-13-26(15-23)20-6-4-5-12-25-20/h4-10,12,16-17H,11,13-15H2,1-3H3/t17?,23-/m1/s1. The molecule has 0 N–H and O–H groups in total. The molecule has 2 aromatic rings. The van der Waals surface area contributed by atoms with E-state index in [1.807, 2.05) is 68.1 Å². The average molecular weight is 427 g/mol. The minimum atomic E-state index is -0.907. The fourth-order valence-electron chi connectivity index (χ4n) is 4.70. The van der Waals surface area contributed by atoms with E-state index in [-0.39, 0.29) is 30.4 Å². The topological polar surface area (TPSA) is 56.8 Å². The van der Waals surface area contributed by atoms with Crippen LogP contribution in [0.1, 0.15) is 38.8 Å². The van der Waals surface area contributed by atoms with Crippen LogP contribution in [0.2, 0.25) is 5.02 Å². The van der Waals surface area contributed by atoms with Gasteiger partial charge in [0.2, 0.25) is 5.91 Å². The average Bonchev–Trinajstić information content (AvgIpc) is 3.17. The van der Waals surface area contributed by atoms with Crippen LogP contribution in [-0.2, 0) is 9.59 Å². The molecule has 2 saturated heterocycles. The summed E-state index contributed by atoms with van der Waals surface area (Å²) in [7, 11) is 0. The molecule has 0 aliphatic carbocycles. The summed E-state index contributed by atoms with van der Waals surface area (Å²) in [6.07, 6.45) is 2.33. The van der Waals surface area contributed by atoms with Crippen molar-refractivity contribution in [1.82, 2.24) is 14.8 Å². The highest BCUT2D eigenvalue weighted by molar-refractivity contribution is 6.30. The van der Waals surface area contributed by atoms with Crippen molar-refractivity contribution in [1.29, 1.82) is 0 Å². The van der Waals surface area contributed by atoms with E-state index < -0.39 is 5.54 Å². The molecule has 3 heterocycles. The number of anilines is 1. The van der Waals surface area contributed by atoms with Crippen molar-refractivity contribution in [3.05, 3.63) is 59.2 Å². The molecule has 2 fully saturated rings. The van der Waals surface area contributed by atoms with E-state index >= 15 is 0 Å². The SMILES string of the molecule is CC(C)N1CC(=O)N(C(C)c2ccc(Cl)cc2)[C@@]2(CCN(c3ccccn3)C2)C1=O. The first-order valence-electron chi connectivity index (χ1n) is 10.4. The molecule has 2 amide bonds. The molecule has 1 spiro atoms. The predicted molar refractivity (Wildman–Crippen MR) is 117 cm³/mol. The van der Waals surface area contributed by atoms with E-state index in [1.54, 1.807) is 11.1 Å². The molecule has 6 nitrogen and oxygen atoms in total. The molecule has 7 heteroatoms. The van der Waals surface area contributed by atoms with Gasteiger partial charge < -0.3 is 14.7 Å². The molecular formula is C23H27ClN4O2. The number of carbonyl (C=O) groups excluding carboxylic acids is 2. The van der Waals surface area contributed by atoms with Gasteiger partial charge in [-0.2, -0.15) is 0 Å². The Morgan fingerprint density at radius 1 is 1.07 bits per heavy atom. The number of aromatic nitrogens is 1. The first kappa shape index (κ1) is 20.7. The second-order valence-corrected chi connectivity index (χ2v) is 8.85. The third kappa shape index (κ3) is 3.43. The van der Waals surface area contributed by atoms with Crippen LogP contribution >= 0.6 is 11.6 Å². The Bertz CT molecular complexity index is 934. The van der Waals surface area contributed by atoms with Gasteiger partial charge in [-0.05, 0) is 57.0 Å². The van der Waals surface area contributed by atoms with Crippen LogP contribution in [0.5, 0.6) is 0 Å². The summed E-state index contributed by atoms with van der Waals surface area (Å²) >= 11 is 6.06. The van der Waals surface area contributed by atoms with E-state index in [1.165, 1.54) is 0 Å². The number of pyridine rings is 1. The molecule has 158 valence electrons. The summed E-state index contributed by atoms with van der Waals surface area (Å²) in [4.78, 5) is 37.3. The zero-order valence-corrected chi connectivity index (χ0v) is 18.3. The lowest BCUT2D eigenvalue weighted by molar-refractivity contribution is -0.168. The van der Waals surface area contributed by atoms with Crippen molar-refractivity contribution in [2.45, 2.75) is 44.8 Å². The van der Waals surface area contributed by atoms with Gasteiger partial charge in [-0.3, -0.25) is 9.59 Å². The molecule has 0 radical (unpaired) electrons. The second-order valence-electron chi connectivity index (χ2n) is 8.41. The Kier molecular flexibility index (Phi) is 5.45. The third-order valence-electron chi connectivity index (χ3n) is 6.28. The number of nitrogens with zero attached hydrogens (tertiary/aromatic N) is 4. The van der Waals surface area contributed by atoms with Crippen molar-refractivity contribution in [3.8, 4) is 0 Å². The van der Waals surface area contributed by atoms with Gasteiger partial charge in [-0.15, -0.1) is 0 Å². The molecule has 0 saturated carbocycles. The molecule has 2 atom stereocenters. The Labute approximate surface area is 182 Å².